The molecule has 0 aliphatic carbocycles. The van der Waals surface area contributed by atoms with Gasteiger partial charge in [-0.05, 0) is 69.5 Å². The zero-order valence-electron chi connectivity index (χ0n) is 15.6. The number of hydrogen-bond acceptors (Lipinski definition) is 3. The normalized spacial score (nSPS) is 11.9. The van der Waals surface area contributed by atoms with Crippen LogP contribution in [0.3, 0.4) is 0 Å². The summed E-state index contributed by atoms with van der Waals surface area (Å²) in [4.78, 5) is 12.3. The summed E-state index contributed by atoms with van der Waals surface area (Å²) in [7, 11) is 0. The maximum Gasteiger partial charge on any atom is 0.261 e. The molecule has 0 heterocycles. The van der Waals surface area contributed by atoms with E-state index in [-0.39, 0.29) is 12.0 Å². The van der Waals surface area contributed by atoms with E-state index in [1.807, 2.05) is 70.2 Å². The Kier molecular flexibility index (Phi) is 6.45. The number of hydrogen-bond donors (Lipinski definition) is 1. The minimum atomic E-state index is -0.560. The van der Waals surface area contributed by atoms with Crippen molar-refractivity contribution in [1.82, 2.24) is 5.32 Å². The molecule has 0 unspecified atom stereocenters. The van der Waals surface area contributed by atoms with Gasteiger partial charge in [-0.2, -0.15) is 0 Å². The molecule has 0 aliphatic heterocycles. The average molecular weight is 341 g/mol. The molecular formula is C21H27NO3. The van der Waals surface area contributed by atoms with Crippen molar-refractivity contribution < 1.29 is 14.3 Å². The molecule has 1 N–H and O–H groups in total. The maximum absolute atomic E-state index is 12.3. The summed E-state index contributed by atoms with van der Waals surface area (Å²) in [6, 6.07) is 13.7. The molecule has 0 fully saturated rings. The summed E-state index contributed by atoms with van der Waals surface area (Å²) in [5.74, 6) is 1.41. The van der Waals surface area contributed by atoms with E-state index in [0.29, 0.717) is 6.54 Å². The molecule has 0 bridgehead atoms. The predicted molar refractivity (Wildman–Crippen MR) is 100 cm³/mol. The maximum atomic E-state index is 12.3. The second kappa shape index (κ2) is 8.56. The first-order valence-electron chi connectivity index (χ1n) is 8.62. The lowest BCUT2D eigenvalue weighted by molar-refractivity contribution is -0.127. The molecule has 0 saturated carbocycles. The van der Waals surface area contributed by atoms with Crippen molar-refractivity contribution in [2.45, 2.75) is 53.4 Å². The van der Waals surface area contributed by atoms with Gasteiger partial charge in [0.05, 0.1) is 6.10 Å². The highest BCUT2D eigenvalue weighted by atomic mass is 16.5. The number of carbonyl (C=O) groups excluding carboxylic acids is 1. The first-order valence-corrected chi connectivity index (χ1v) is 8.62. The number of carbonyl (C=O) groups is 1. The highest BCUT2D eigenvalue weighted by Gasteiger charge is 2.15. The smallest absolute Gasteiger partial charge is 0.261 e. The lowest BCUT2D eigenvalue weighted by atomic mass is 10.1. The van der Waals surface area contributed by atoms with Crippen LogP contribution in [0.1, 0.15) is 37.5 Å². The number of ether oxygens (including phenoxy) is 2. The molecular weight excluding hydrogens is 314 g/mol. The van der Waals surface area contributed by atoms with Gasteiger partial charge in [-0.3, -0.25) is 4.79 Å². The van der Waals surface area contributed by atoms with Crippen molar-refractivity contribution in [3.05, 3.63) is 59.2 Å². The van der Waals surface area contributed by atoms with E-state index in [1.165, 1.54) is 0 Å². The monoisotopic (exact) mass is 341 g/mol. The van der Waals surface area contributed by atoms with Crippen LogP contribution in [0.25, 0.3) is 0 Å². The Morgan fingerprint density at radius 1 is 1.04 bits per heavy atom. The fraction of sp³-hybridized carbons (Fsp3) is 0.381. The van der Waals surface area contributed by atoms with Gasteiger partial charge in [-0.25, -0.2) is 0 Å². The largest absolute Gasteiger partial charge is 0.491 e. The Morgan fingerprint density at radius 2 is 1.80 bits per heavy atom. The molecule has 0 aromatic heterocycles. The number of benzene rings is 2. The van der Waals surface area contributed by atoms with Gasteiger partial charge in [0.25, 0.3) is 5.91 Å². The molecule has 4 heteroatoms. The molecule has 1 atom stereocenters. The van der Waals surface area contributed by atoms with Gasteiger partial charge in [0.15, 0.2) is 6.10 Å². The molecule has 0 radical (unpaired) electrons. The highest BCUT2D eigenvalue weighted by molar-refractivity contribution is 5.80. The van der Waals surface area contributed by atoms with Crippen molar-refractivity contribution in [1.29, 1.82) is 0 Å². The molecule has 2 aromatic carbocycles. The summed E-state index contributed by atoms with van der Waals surface area (Å²) in [5.41, 5.74) is 3.12. The average Bonchev–Trinajstić information content (AvgIpc) is 2.55. The zero-order valence-corrected chi connectivity index (χ0v) is 15.6. The first-order chi connectivity index (χ1) is 11.8. The molecule has 0 spiro atoms. The van der Waals surface area contributed by atoms with Crippen molar-refractivity contribution in [3.63, 3.8) is 0 Å². The van der Waals surface area contributed by atoms with Gasteiger partial charge < -0.3 is 14.8 Å². The third-order valence-corrected chi connectivity index (χ3v) is 3.75. The van der Waals surface area contributed by atoms with Crippen LogP contribution in [0.15, 0.2) is 42.5 Å². The number of aryl methyl sites for hydroxylation is 2. The fourth-order valence-corrected chi connectivity index (χ4v) is 2.41. The Labute approximate surface area is 150 Å². The van der Waals surface area contributed by atoms with Crippen molar-refractivity contribution in [2.75, 3.05) is 0 Å². The van der Waals surface area contributed by atoms with Gasteiger partial charge in [-0.15, -0.1) is 0 Å². The zero-order chi connectivity index (χ0) is 18.4. The quantitative estimate of drug-likeness (QED) is 0.822. The first kappa shape index (κ1) is 18.8. The van der Waals surface area contributed by atoms with Crippen LogP contribution >= 0.6 is 0 Å². The molecule has 25 heavy (non-hydrogen) atoms. The second-order valence-corrected chi connectivity index (χ2v) is 6.56. The fourth-order valence-electron chi connectivity index (χ4n) is 2.41. The van der Waals surface area contributed by atoms with Crippen LogP contribution in [0.4, 0.5) is 0 Å². The summed E-state index contributed by atoms with van der Waals surface area (Å²) >= 11 is 0. The van der Waals surface area contributed by atoms with E-state index < -0.39 is 6.10 Å². The lowest BCUT2D eigenvalue weighted by Gasteiger charge is -2.17. The summed E-state index contributed by atoms with van der Waals surface area (Å²) in [6.07, 6.45) is -0.438. The van der Waals surface area contributed by atoms with E-state index in [0.717, 1.165) is 28.2 Å². The minimum absolute atomic E-state index is 0.121. The third-order valence-electron chi connectivity index (χ3n) is 3.75. The van der Waals surface area contributed by atoms with Gasteiger partial charge in [0.2, 0.25) is 0 Å². The van der Waals surface area contributed by atoms with Crippen LogP contribution in [-0.2, 0) is 11.3 Å². The SMILES string of the molecule is Cc1ccc(C)c(O[C@@H](C)C(=O)NCc2cccc(OC(C)C)c2)c1. The van der Waals surface area contributed by atoms with Gasteiger partial charge in [-0.1, -0.05) is 24.3 Å². The van der Waals surface area contributed by atoms with Gasteiger partial charge >= 0.3 is 0 Å². The van der Waals surface area contributed by atoms with Crippen LogP contribution in [0, 0.1) is 13.8 Å². The van der Waals surface area contributed by atoms with Crippen molar-refractivity contribution in [2.24, 2.45) is 0 Å². The van der Waals surface area contributed by atoms with Crippen LogP contribution in [-0.4, -0.2) is 18.1 Å². The summed E-state index contributed by atoms with van der Waals surface area (Å²) in [5, 5.41) is 2.91. The van der Waals surface area contributed by atoms with Gasteiger partial charge in [0.1, 0.15) is 11.5 Å². The Balaban J connectivity index is 1.92. The molecule has 0 saturated heterocycles. The number of rotatable bonds is 7. The topological polar surface area (TPSA) is 47.6 Å². The van der Waals surface area contributed by atoms with E-state index in [4.69, 9.17) is 9.47 Å². The molecule has 2 rings (SSSR count). The van der Waals surface area contributed by atoms with E-state index in [1.54, 1.807) is 6.92 Å². The van der Waals surface area contributed by atoms with Crippen LogP contribution in [0.5, 0.6) is 11.5 Å². The van der Waals surface area contributed by atoms with E-state index in [2.05, 4.69) is 5.32 Å². The molecule has 4 nitrogen and oxygen atoms in total. The van der Waals surface area contributed by atoms with Crippen LogP contribution < -0.4 is 14.8 Å². The lowest BCUT2D eigenvalue weighted by Crippen LogP contribution is -2.36. The summed E-state index contributed by atoms with van der Waals surface area (Å²) in [6.45, 7) is 10.1. The van der Waals surface area contributed by atoms with E-state index >= 15 is 0 Å². The Bertz CT molecular complexity index is 725. The molecule has 2 aromatic rings. The Hall–Kier alpha value is -2.49. The van der Waals surface area contributed by atoms with Crippen LogP contribution in [0.2, 0.25) is 0 Å². The predicted octanol–water partition coefficient (Wildman–Crippen LogP) is 4.17. The molecule has 134 valence electrons. The van der Waals surface area contributed by atoms with Crippen molar-refractivity contribution >= 4 is 5.91 Å². The number of nitrogens with one attached hydrogen (secondary N) is 1. The molecule has 1 amide bonds. The summed E-state index contributed by atoms with van der Waals surface area (Å²) < 4.78 is 11.5. The third kappa shape index (κ3) is 5.82. The standard InChI is InChI=1S/C21H27NO3/c1-14(2)24-19-8-6-7-18(12-19)13-22-21(23)17(5)25-20-11-15(3)9-10-16(20)4/h6-12,14,17H,13H2,1-5H3,(H,22,23)/t17-/m0/s1. The van der Waals surface area contributed by atoms with Gasteiger partial charge in [0, 0.05) is 6.54 Å². The second-order valence-electron chi connectivity index (χ2n) is 6.56. The van der Waals surface area contributed by atoms with E-state index in [9.17, 15) is 4.79 Å². The Morgan fingerprint density at radius 3 is 2.52 bits per heavy atom. The number of amides is 1. The highest BCUT2D eigenvalue weighted by Crippen LogP contribution is 2.20. The van der Waals surface area contributed by atoms with Crippen molar-refractivity contribution in [3.8, 4) is 11.5 Å². The minimum Gasteiger partial charge on any atom is -0.491 e. The molecule has 0 aliphatic rings.